The first-order valence-electron chi connectivity index (χ1n) is 6.08. The van der Waals surface area contributed by atoms with Gasteiger partial charge in [-0.3, -0.25) is 0 Å². The van der Waals surface area contributed by atoms with E-state index >= 15 is 0 Å². The van der Waals surface area contributed by atoms with E-state index in [4.69, 9.17) is 11.6 Å². The first-order chi connectivity index (χ1) is 8.94. The molecule has 0 saturated heterocycles. The molecule has 1 aromatic carbocycles. The third kappa shape index (κ3) is 4.43. The largest absolute Gasteiger partial charge is 0.394 e. The van der Waals surface area contributed by atoms with Crippen molar-refractivity contribution in [2.45, 2.75) is 19.9 Å². The second-order valence-electron chi connectivity index (χ2n) is 3.99. The fraction of sp³-hybridized carbons (Fsp3) is 0.500. The van der Waals surface area contributed by atoms with Crippen LogP contribution in [-0.4, -0.2) is 37.5 Å². The van der Waals surface area contributed by atoms with Gasteiger partial charge in [-0.15, -0.1) is 0 Å². The average Bonchev–Trinajstić information content (AvgIpc) is 2.38. The highest BCUT2D eigenvalue weighted by Gasteiger charge is 2.23. The highest BCUT2D eigenvalue weighted by atomic mass is 35.5. The number of hydrogen-bond donors (Lipinski definition) is 2. The van der Waals surface area contributed by atoms with Crippen molar-refractivity contribution in [3.8, 4) is 0 Å². The minimum Gasteiger partial charge on any atom is -0.394 e. The first kappa shape index (κ1) is 16.4. The maximum absolute atomic E-state index is 12.1. The van der Waals surface area contributed by atoms with Crippen LogP contribution in [0.3, 0.4) is 0 Å². The van der Waals surface area contributed by atoms with E-state index in [1.54, 1.807) is 38.1 Å². The van der Waals surface area contributed by atoms with Crippen molar-refractivity contribution in [2.24, 2.45) is 0 Å². The van der Waals surface area contributed by atoms with Gasteiger partial charge in [-0.1, -0.05) is 37.6 Å². The molecule has 1 atom stereocenters. The van der Waals surface area contributed by atoms with Gasteiger partial charge < -0.3 is 5.11 Å². The van der Waals surface area contributed by atoms with Crippen LogP contribution in [0.25, 0.3) is 0 Å². The molecule has 2 N–H and O–H groups in total. The van der Waals surface area contributed by atoms with Crippen LogP contribution in [-0.2, 0) is 10.2 Å². The Morgan fingerprint density at radius 1 is 1.26 bits per heavy atom. The summed E-state index contributed by atoms with van der Waals surface area (Å²) in [5.41, 5.74) is 0.669. The summed E-state index contributed by atoms with van der Waals surface area (Å²) in [7, 11) is -3.60. The molecule has 0 saturated carbocycles. The summed E-state index contributed by atoms with van der Waals surface area (Å²) in [6, 6.07) is 6.02. The Bertz CT molecular complexity index is 486. The number of nitrogens with zero attached hydrogens (tertiary/aromatic N) is 1. The molecule has 0 amide bonds. The van der Waals surface area contributed by atoms with Gasteiger partial charge in [-0.05, 0) is 17.7 Å². The van der Waals surface area contributed by atoms with Crippen LogP contribution >= 0.6 is 11.6 Å². The minimum absolute atomic E-state index is 0.317. The number of rotatable bonds is 7. The fourth-order valence-corrected chi connectivity index (χ4v) is 3.25. The predicted molar refractivity (Wildman–Crippen MR) is 76.3 cm³/mol. The van der Waals surface area contributed by atoms with Crippen LogP contribution in [0, 0.1) is 0 Å². The zero-order valence-electron chi connectivity index (χ0n) is 11.0. The van der Waals surface area contributed by atoms with Gasteiger partial charge >= 0.3 is 0 Å². The second kappa shape index (κ2) is 7.21. The Labute approximate surface area is 119 Å². The lowest BCUT2D eigenvalue weighted by atomic mass is 10.1. The first-order valence-corrected chi connectivity index (χ1v) is 7.90. The molecule has 0 radical (unpaired) electrons. The Morgan fingerprint density at radius 3 is 2.21 bits per heavy atom. The molecule has 19 heavy (non-hydrogen) atoms. The minimum atomic E-state index is -3.60. The molecule has 0 aliphatic carbocycles. The van der Waals surface area contributed by atoms with Crippen molar-refractivity contribution in [1.82, 2.24) is 9.03 Å². The summed E-state index contributed by atoms with van der Waals surface area (Å²) in [5.74, 6) is 0. The lowest BCUT2D eigenvalue weighted by molar-refractivity contribution is 0.256. The third-order valence-electron chi connectivity index (χ3n) is 2.79. The van der Waals surface area contributed by atoms with Crippen LogP contribution in [0.2, 0.25) is 5.02 Å². The third-order valence-corrected chi connectivity index (χ3v) is 4.82. The van der Waals surface area contributed by atoms with Gasteiger partial charge in [0.05, 0.1) is 12.6 Å². The van der Waals surface area contributed by atoms with Gasteiger partial charge in [0.1, 0.15) is 0 Å². The van der Waals surface area contributed by atoms with E-state index in [-0.39, 0.29) is 6.61 Å². The number of nitrogens with one attached hydrogen (secondary N) is 1. The van der Waals surface area contributed by atoms with Crippen LogP contribution in [0.1, 0.15) is 25.5 Å². The molecule has 0 aromatic heterocycles. The van der Waals surface area contributed by atoms with Crippen molar-refractivity contribution in [3.63, 3.8) is 0 Å². The standard InChI is InChI=1S/C12H19ClN2O3S/c1-3-15(4-2)19(17,18)14-12(9-16)10-5-7-11(13)8-6-10/h5-8,12,14,16H,3-4,9H2,1-2H3. The van der Waals surface area contributed by atoms with Crippen LogP contribution in [0.15, 0.2) is 24.3 Å². The van der Waals surface area contributed by atoms with Crippen molar-refractivity contribution in [2.75, 3.05) is 19.7 Å². The maximum atomic E-state index is 12.1. The van der Waals surface area contributed by atoms with E-state index in [1.807, 2.05) is 0 Å². The van der Waals surface area contributed by atoms with Crippen LogP contribution in [0.4, 0.5) is 0 Å². The van der Waals surface area contributed by atoms with Crippen LogP contribution < -0.4 is 4.72 Å². The molecule has 7 heteroatoms. The van der Waals surface area contributed by atoms with Crippen molar-refractivity contribution >= 4 is 21.8 Å². The molecule has 108 valence electrons. The molecule has 0 aliphatic heterocycles. The highest BCUT2D eigenvalue weighted by molar-refractivity contribution is 7.87. The smallest absolute Gasteiger partial charge is 0.280 e. The summed E-state index contributed by atoms with van der Waals surface area (Å²) in [6.45, 7) is 3.97. The number of halogens is 1. The summed E-state index contributed by atoms with van der Waals surface area (Å²) >= 11 is 5.78. The molecule has 5 nitrogen and oxygen atoms in total. The predicted octanol–water partition coefficient (Wildman–Crippen LogP) is 1.55. The Balaban J connectivity index is 2.91. The zero-order valence-corrected chi connectivity index (χ0v) is 12.6. The Morgan fingerprint density at radius 2 is 1.79 bits per heavy atom. The molecular formula is C12H19ClN2O3S. The normalized spacial score (nSPS) is 13.7. The van der Waals surface area contributed by atoms with E-state index in [9.17, 15) is 13.5 Å². The second-order valence-corrected chi connectivity index (χ2v) is 6.13. The van der Waals surface area contributed by atoms with E-state index in [1.165, 1.54) is 4.31 Å². The summed E-state index contributed by atoms with van der Waals surface area (Å²) in [6.07, 6.45) is 0. The number of aliphatic hydroxyl groups excluding tert-OH is 1. The highest BCUT2D eigenvalue weighted by Crippen LogP contribution is 2.17. The average molecular weight is 307 g/mol. The fourth-order valence-electron chi connectivity index (χ4n) is 1.72. The van der Waals surface area contributed by atoms with Gasteiger partial charge in [0.2, 0.25) is 0 Å². The summed E-state index contributed by atoms with van der Waals surface area (Å²) < 4.78 is 27.9. The molecule has 0 bridgehead atoms. The Hall–Kier alpha value is -0.660. The summed E-state index contributed by atoms with van der Waals surface area (Å²) in [4.78, 5) is 0. The zero-order chi connectivity index (χ0) is 14.5. The molecule has 1 aromatic rings. The quantitative estimate of drug-likeness (QED) is 0.803. The van der Waals surface area contributed by atoms with Crippen molar-refractivity contribution in [1.29, 1.82) is 0 Å². The molecular weight excluding hydrogens is 288 g/mol. The molecule has 0 aliphatic rings. The van der Waals surface area contributed by atoms with Gasteiger partial charge in [-0.2, -0.15) is 17.4 Å². The van der Waals surface area contributed by atoms with Gasteiger partial charge in [0, 0.05) is 18.1 Å². The Kier molecular flexibility index (Phi) is 6.22. The maximum Gasteiger partial charge on any atom is 0.280 e. The van der Waals surface area contributed by atoms with E-state index < -0.39 is 16.3 Å². The molecule has 0 heterocycles. The molecule has 0 fully saturated rings. The van der Waals surface area contributed by atoms with Gasteiger partial charge in [-0.25, -0.2) is 0 Å². The SMILES string of the molecule is CCN(CC)S(=O)(=O)NC(CO)c1ccc(Cl)cc1. The van der Waals surface area contributed by atoms with E-state index in [0.717, 1.165) is 0 Å². The van der Waals surface area contributed by atoms with Crippen LogP contribution in [0.5, 0.6) is 0 Å². The lowest BCUT2D eigenvalue weighted by Crippen LogP contribution is -2.43. The number of aliphatic hydroxyl groups is 1. The number of benzene rings is 1. The summed E-state index contributed by atoms with van der Waals surface area (Å²) in [5, 5.41) is 9.92. The van der Waals surface area contributed by atoms with E-state index in [2.05, 4.69) is 4.72 Å². The lowest BCUT2D eigenvalue weighted by Gasteiger charge is -2.23. The number of hydrogen-bond acceptors (Lipinski definition) is 3. The van der Waals surface area contributed by atoms with Crippen molar-refractivity contribution in [3.05, 3.63) is 34.9 Å². The van der Waals surface area contributed by atoms with Gasteiger partial charge in [0.15, 0.2) is 0 Å². The molecule has 1 rings (SSSR count). The monoisotopic (exact) mass is 306 g/mol. The van der Waals surface area contributed by atoms with Gasteiger partial charge in [0.25, 0.3) is 10.2 Å². The molecule has 0 spiro atoms. The van der Waals surface area contributed by atoms with E-state index in [0.29, 0.717) is 23.7 Å². The topological polar surface area (TPSA) is 69.6 Å². The molecule has 1 unspecified atom stereocenters. The van der Waals surface area contributed by atoms with Crippen molar-refractivity contribution < 1.29 is 13.5 Å².